The molecule has 0 heterocycles. The summed E-state index contributed by atoms with van der Waals surface area (Å²) in [5.74, 6) is 0.426. The number of anilines is 1. The molecule has 0 spiro atoms. The van der Waals surface area contributed by atoms with Gasteiger partial charge in [-0.25, -0.2) is 12.7 Å². The van der Waals surface area contributed by atoms with E-state index in [1.165, 1.54) is 40.5 Å². The average molecular weight is 439 g/mol. The summed E-state index contributed by atoms with van der Waals surface area (Å²) in [5, 5.41) is 3.01. The predicted molar refractivity (Wildman–Crippen MR) is 114 cm³/mol. The quantitative estimate of drug-likeness (QED) is 0.668. The van der Waals surface area contributed by atoms with Gasteiger partial charge in [0.2, 0.25) is 15.9 Å². The predicted octanol–water partition coefficient (Wildman–Crippen LogP) is 3.57. The van der Waals surface area contributed by atoms with Crippen molar-refractivity contribution < 1.29 is 22.7 Å². The third-order valence-electron chi connectivity index (χ3n) is 4.10. The third kappa shape index (κ3) is 5.29. The topological polar surface area (TPSA) is 84.9 Å². The minimum Gasteiger partial charge on any atom is -0.493 e. The Bertz CT molecular complexity index is 1050. The molecule has 156 valence electrons. The molecule has 0 radical (unpaired) electrons. The highest BCUT2D eigenvalue weighted by molar-refractivity contribution is 7.89. The number of methoxy groups -OCH3 is 2. The third-order valence-corrected chi connectivity index (χ3v) is 6.34. The van der Waals surface area contributed by atoms with Crippen LogP contribution >= 0.6 is 11.6 Å². The van der Waals surface area contributed by atoms with E-state index in [2.05, 4.69) is 5.32 Å². The van der Waals surface area contributed by atoms with Gasteiger partial charge in [-0.05, 0) is 48.4 Å². The Morgan fingerprint density at radius 3 is 2.41 bits per heavy atom. The second kappa shape index (κ2) is 9.30. The number of hydrogen-bond donors (Lipinski definition) is 1. The van der Waals surface area contributed by atoms with E-state index in [1.807, 2.05) is 0 Å². The lowest BCUT2D eigenvalue weighted by molar-refractivity contribution is -0.111. The number of rotatable bonds is 7. The van der Waals surface area contributed by atoms with E-state index >= 15 is 0 Å². The Morgan fingerprint density at radius 2 is 1.83 bits per heavy atom. The zero-order chi connectivity index (χ0) is 21.8. The fourth-order valence-corrected chi connectivity index (χ4v) is 3.98. The number of benzene rings is 2. The monoisotopic (exact) mass is 438 g/mol. The van der Waals surface area contributed by atoms with Crippen molar-refractivity contribution in [1.29, 1.82) is 0 Å². The summed E-state index contributed by atoms with van der Waals surface area (Å²) in [6, 6.07) is 8.04. The van der Waals surface area contributed by atoms with E-state index < -0.39 is 15.9 Å². The molecule has 9 heteroatoms. The number of aryl methyl sites for hydroxylation is 1. The Kier molecular flexibility index (Phi) is 7.29. The van der Waals surface area contributed by atoms with E-state index in [9.17, 15) is 13.2 Å². The number of nitrogens with one attached hydrogen (secondary N) is 1. The zero-order valence-corrected chi connectivity index (χ0v) is 18.4. The van der Waals surface area contributed by atoms with Gasteiger partial charge in [0, 0.05) is 25.9 Å². The van der Waals surface area contributed by atoms with Crippen molar-refractivity contribution in [3.63, 3.8) is 0 Å². The van der Waals surface area contributed by atoms with Crippen molar-refractivity contribution in [3.8, 4) is 11.5 Å². The molecular formula is C20H23ClN2O5S. The van der Waals surface area contributed by atoms with Crippen LogP contribution in [0, 0.1) is 6.92 Å². The lowest BCUT2D eigenvalue weighted by Crippen LogP contribution is -2.23. The van der Waals surface area contributed by atoms with E-state index in [4.69, 9.17) is 21.1 Å². The summed E-state index contributed by atoms with van der Waals surface area (Å²) in [6.07, 6.45) is 2.88. The van der Waals surface area contributed by atoms with E-state index in [1.54, 1.807) is 37.3 Å². The van der Waals surface area contributed by atoms with Crippen LogP contribution in [0.1, 0.15) is 11.1 Å². The molecule has 1 N–H and O–H groups in total. The number of carbonyl (C=O) groups excluding carboxylic acids is 1. The Hall–Kier alpha value is -2.55. The standard InChI is InChI=1S/C20H23ClN2O5S/c1-13-6-8-15(12-18(13)29(25,26)23(2)3)22-19(24)9-7-14-10-16(21)20(28-5)17(11-14)27-4/h6-12H,1-5H3,(H,22,24)/b9-7+. The first-order chi connectivity index (χ1) is 13.6. The van der Waals surface area contributed by atoms with Gasteiger partial charge in [0.15, 0.2) is 11.5 Å². The van der Waals surface area contributed by atoms with Gasteiger partial charge in [0.1, 0.15) is 0 Å². The van der Waals surface area contributed by atoms with E-state index in [-0.39, 0.29) is 4.90 Å². The molecule has 0 unspecified atom stereocenters. The minimum atomic E-state index is -3.62. The number of sulfonamides is 1. The fourth-order valence-electron chi connectivity index (χ4n) is 2.54. The van der Waals surface area contributed by atoms with E-state index in [0.29, 0.717) is 33.3 Å². The molecule has 0 aliphatic heterocycles. The smallest absolute Gasteiger partial charge is 0.248 e. The summed E-state index contributed by atoms with van der Waals surface area (Å²) < 4.78 is 36.4. The molecule has 2 aromatic carbocycles. The molecule has 0 aliphatic carbocycles. The summed E-state index contributed by atoms with van der Waals surface area (Å²) in [5.41, 5.74) is 1.60. The van der Waals surface area contributed by atoms with Crippen molar-refractivity contribution >= 4 is 39.3 Å². The molecule has 0 saturated heterocycles. The molecule has 0 fully saturated rings. The molecule has 0 atom stereocenters. The molecule has 2 rings (SSSR count). The van der Waals surface area contributed by atoms with Crippen molar-refractivity contribution in [2.45, 2.75) is 11.8 Å². The number of nitrogens with zero attached hydrogens (tertiary/aromatic N) is 1. The summed E-state index contributed by atoms with van der Waals surface area (Å²) >= 11 is 6.16. The van der Waals surface area contributed by atoms with Crippen LogP contribution in [0.25, 0.3) is 6.08 Å². The first-order valence-electron chi connectivity index (χ1n) is 8.54. The maximum atomic E-state index is 12.4. The highest BCUT2D eigenvalue weighted by atomic mass is 35.5. The maximum Gasteiger partial charge on any atom is 0.248 e. The molecule has 0 saturated carbocycles. The van der Waals surface area contributed by atoms with Crippen molar-refractivity contribution in [2.75, 3.05) is 33.6 Å². The summed E-state index contributed by atoms with van der Waals surface area (Å²) in [7, 11) is 2.27. The summed E-state index contributed by atoms with van der Waals surface area (Å²) in [4.78, 5) is 12.4. The number of halogens is 1. The van der Waals surface area contributed by atoms with Crippen LogP contribution in [0.4, 0.5) is 5.69 Å². The van der Waals surface area contributed by atoms with Gasteiger partial charge in [-0.1, -0.05) is 17.7 Å². The normalized spacial score (nSPS) is 11.7. The number of hydrogen-bond acceptors (Lipinski definition) is 5. The van der Waals surface area contributed by atoms with Crippen LogP contribution in [-0.4, -0.2) is 46.9 Å². The van der Waals surface area contributed by atoms with Crippen molar-refractivity contribution in [2.24, 2.45) is 0 Å². The number of carbonyl (C=O) groups is 1. The second-order valence-electron chi connectivity index (χ2n) is 6.33. The highest BCUT2D eigenvalue weighted by Gasteiger charge is 2.20. The number of amides is 1. The Morgan fingerprint density at radius 1 is 1.14 bits per heavy atom. The molecule has 0 aliphatic rings. The average Bonchev–Trinajstić information content (AvgIpc) is 2.67. The van der Waals surface area contributed by atoms with Crippen LogP contribution in [0.2, 0.25) is 5.02 Å². The maximum absolute atomic E-state index is 12.4. The van der Waals surface area contributed by atoms with Crippen LogP contribution in [0.3, 0.4) is 0 Å². The lowest BCUT2D eigenvalue weighted by Gasteiger charge is -2.14. The summed E-state index contributed by atoms with van der Waals surface area (Å²) in [6.45, 7) is 1.70. The molecule has 0 bridgehead atoms. The van der Waals surface area contributed by atoms with Crippen molar-refractivity contribution in [1.82, 2.24) is 4.31 Å². The van der Waals surface area contributed by atoms with Crippen LogP contribution in [0.5, 0.6) is 11.5 Å². The van der Waals surface area contributed by atoms with Gasteiger partial charge in [-0.2, -0.15) is 0 Å². The second-order valence-corrected chi connectivity index (χ2v) is 8.86. The molecule has 29 heavy (non-hydrogen) atoms. The van der Waals surface area contributed by atoms with Crippen LogP contribution in [0.15, 0.2) is 41.3 Å². The molecular weight excluding hydrogens is 416 g/mol. The van der Waals surface area contributed by atoms with Gasteiger partial charge in [-0.15, -0.1) is 0 Å². The van der Waals surface area contributed by atoms with Crippen LogP contribution < -0.4 is 14.8 Å². The van der Waals surface area contributed by atoms with Gasteiger partial charge in [-0.3, -0.25) is 4.79 Å². The van der Waals surface area contributed by atoms with Gasteiger partial charge in [0.05, 0.1) is 24.1 Å². The highest BCUT2D eigenvalue weighted by Crippen LogP contribution is 2.36. The van der Waals surface area contributed by atoms with Gasteiger partial charge >= 0.3 is 0 Å². The van der Waals surface area contributed by atoms with Gasteiger partial charge in [0.25, 0.3) is 0 Å². The van der Waals surface area contributed by atoms with E-state index in [0.717, 1.165) is 4.31 Å². The van der Waals surface area contributed by atoms with Crippen molar-refractivity contribution in [3.05, 3.63) is 52.6 Å². The minimum absolute atomic E-state index is 0.135. The fraction of sp³-hybridized carbons (Fsp3) is 0.250. The van der Waals surface area contributed by atoms with Crippen LogP contribution in [-0.2, 0) is 14.8 Å². The molecule has 2 aromatic rings. The van der Waals surface area contributed by atoms with Gasteiger partial charge < -0.3 is 14.8 Å². The number of ether oxygens (including phenoxy) is 2. The largest absolute Gasteiger partial charge is 0.493 e. The lowest BCUT2D eigenvalue weighted by atomic mass is 10.2. The first kappa shape index (κ1) is 22.7. The molecule has 0 aromatic heterocycles. The SMILES string of the molecule is COc1cc(/C=C/C(=O)Nc2ccc(C)c(S(=O)(=O)N(C)C)c2)cc(Cl)c1OC. The molecule has 7 nitrogen and oxygen atoms in total. The Balaban J connectivity index is 2.23. The first-order valence-corrected chi connectivity index (χ1v) is 10.4. The Labute approximate surface area is 175 Å². The molecule has 1 amide bonds. The zero-order valence-electron chi connectivity index (χ0n) is 16.8.